The van der Waals surface area contributed by atoms with Crippen LogP contribution in [0.25, 0.3) is 0 Å². The number of rotatable bonds is 9. The smallest absolute Gasteiger partial charge is 0.271 e. The van der Waals surface area contributed by atoms with E-state index in [4.69, 9.17) is 9.47 Å². The fraction of sp³-hybridized carbons (Fsp3) is 0.231. The number of nitrogens with one attached hydrogen (secondary N) is 1. The normalized spacial score (nSPS) is 13.1. The second-order valence-corrected chi connectivity index (χ2v) is 8.06. The van der Waals surface area contributed by atoms with Gasteiger partial charge in [-0.1, -0.05) is 0 Å². The van der Waals surface area contributed by atoms with Crippen LogP contribution >= 0.6 is 0 Å². The standard InChI is InChI=1S/C26H26N4O5/c1-34-25-16-20(6-13-24(25)35-18-19-4-9-23(10-5-19)30(32)33)17-27-28-26(31)21-7-11-22(12-8-21)29-14-2-3-15-29/h4-13,16-17H,2-3,14-15,18H2,1H3,(H,28,31)/b27-17-. The third-order valence-electron chi connectivity index (χ3n) is 5.71. The van der Waals surface area contributed by atoms with Crippen molar-refractivity contribution >= 4 is 23.5 Å². The van der Waals surface area contributed by atoms with Gasteiger partial charge in [0.1, 0.15) is 6.61 Å². The van der Waals surface area contributed by atoms with Crippen molar-refractivity contribution in [1.29, 1.82) is 0 Å². The van der Waals surface area contributed by atoms with Crippen molar-refractivity contribution in [3.8, 4) is 11.5 Å². The number of hydrogen-bond acceptors (Lipinski definition) is 7. The Morgan fingerprint density at radius 1 is 1.06 bits per heavy atom. The fourth-order valence-corrected chi connectivity index (χ4v) is 3.79. The first-order valence-corrected chi connectivity index (χ1v) is 11.3. The number of non-ortho nitro benzene ring substituents is 1. The molecular weight excluding hydrogens is 448 g/mol. The van der Waals surface area contributed by atoms with Gasteiger partial charge in [-0.15, -0.1) is 0 Å². The Morgan fingerprint density at radius 2 is 1.77 bits per heavy atom. The molecule has 35 heavy (non-hydrogen) atoms. The average molecular weight is 475 g/mol. The molecule has 0 atom stereocenters. The number of carbonyl (C=O) groups excluding carboxylic acids is 1. The molecule has 0 unspecified atom stereocenters. The molecule has 3 aromatic carbocycles. The van der Waals surface area contributed by atoms with Crippen molar-refractivity contribution < 1.29 is 19.2 Å². The minimum absolute atomic E-state index is 0.0288. The molecule has 9 heteroatoms. The molecule has 1 N–H and O–H groups in total. The van der Waals surface area contributed by atoms with E-state index in [1.165, 1.54) is 38.3 Å². The Morgan fingerprint density at radius 3 is 2.43 bits per heavy atom. The number of nitrogens with zero attached hydrogens (tertiary/aromatic N) is 3. The maximum atomic E-state index is 12.4. The molecule has 0 aliphatic carbocycles. The van der Waals surface area contributed by atoms with Crippen LogP contribution in [0, 0.1) is 10.1 Å². The number of ether oxygens (including phenoxy) is 2. The first-order chi connectivity index (χ1) is 17.0. The Hall–Kier alpha value is -4.40. The fourth-order valence-electron chi connectivity index (χ4n) is 3.79. The van der Waals surface area contributed by atoms with Crippen molar-refractivity contribution in [3.63, 3.8) is 0 Å². The van der Waals surface area contributed by atoms with Crippen LogP contribution in [-0.2, 0) is 6.61 Å². The van der Waals surface area contributed by atoms with Gasteiger partial charge in [-0.05, 0) is 78.6 Å². The number of nitro benzene ring substituents is 1. The Balaban J connectivity index is 1.32. The van der Waals surface area contributed by atoms with E-state index in [9.17, 15) is 14.9 Å². The summed E-state index contributed by atoms with van der Waals surface area (Å²) < 4.78 is 11.2. The van der Waals surface area contributed by atoms with E-state index in [1.807, 2.05) is 12.1 Å². The highest BCUT2D eigenvalue weighted by molar-refractivity contribution is 5.95. The molecule has 9 nitrogen and oxygen atoms in total. The highest BCUT2D eigenvalue weighted by atomic mass is 16.6. The summed E-state index contributed by atoms with van der Waals surface area (Å²) in [4.78, 5) is 25.0. The van der Waals surface area contributed by atoms with Crippen molar-refractivity contribution in [2.45, 2.75) is 19.4 Å². The molecule has 1 amide bonds. The Bertz CT molecular complexity index is 1200. The van der Waals surface area contributed by atoms with Gasteiger partial charge in [-0.25, -0.2) is 5.43 Å². The van der Waals surface area contributed by atoms with E-state index in [2.05, 4.69) is 15.4 Å². The molecule has 3 aromatic rings. The summed E-state index contributed by atoms with van der Waals surface area (Å²) in [5.74, 6) is 0.731. The number of benzene rings is 3. The SMILES string of the molecule is COc1cc(/C=N\NC(=O)c2ccc(N3CCCC3)cc2)ccc1OCc1ccc([N+](=O)[O-])cc1. The van der Waals surface area contributed by atoms with Gasteiger partial charge in [-0.3, -0.25) is 14.9 Å². The number of anilines is 1. The summed E-state index contributed by atoms with van der Waals surface area (Å²) in [7, 11) is 1.53. The quantitative estimate of drug-likeness (QED) is 0.277. The maximum absolute atomic E-state index is 12.4. The number of methoxy groups -OCH3 is 1. The molecule has 1 aliphatic heterocycles. The van der Waals surface area contributed by atoms with E-state index in [1.54, 1.807) is 42.5 Å². The third-order valence-corrected chi connectivity index (χ3v) is 5.71. The van der Waals surface area contributed by atoms with Gasteiger partial charge in [0.25, 0.3) is 11.6 Å². The summed E-state index contributed by atoms with van der Waals surface area (Å²) >= 11 is 0. The minimum atomic E-state index is -0.443. The van der Waals surface area contributed by atoms with Crippen molar-refractivity contribution in [2.75, 3.05) is 25.1 Å². The average Bonchev–Trinajstić information content (AvgIpc) is 3.43. The lowest BCUT2D eigenvalue weighted by Crippen LogP contribution is -2.19. The van der Waals surface area contributed by atoms with Crippen LogP contribution < -0.4 is 19.8 Å². The van der Waals surface area contributed by atoms with Gasteiger partial charge >= 0.3 is 0 Å². The number of hydrogen-bond donors (Lipinski definition) is 1. The maximum Gasteiger partial charge on any atom is 0.271 e. The molecule has 0 spiro atoms. The molecule has 1 heterocycles. The van der Waals surface area contributed by atoms with Gasteiger partial charge in [0, 0.05) is 36.5 Å². The van der Waals surface area contributed by atoms with E-state index in [-0.39, 0.29) is 18.2 Å². The van der Waals surface area contributed by atoms with Crippen LogP contribution in [0.1, 0.15) is 34.3 Å². The van der Waals surface area contributed by atoms with E-state index in [0.29, 0.717) is 22.6 Å². The number of carbonyl (C=O) groups is 1. The molecule has 1 fully saturated rings. The molecular formula is C26H26N4O5. The zero-order chi connectivity index (χ0) is 24.6. The molecule has 180 valence electrons. The van der Waals surface area contributed by atoms with Gasteiger partial charge in [0.15, 0.2) is 11.5 Å². The lowest BCUT2D eigenvalue weighted by molar-refractivity contribution is -0.384. The van der Waals surface area contributed by atoms with Crippen molar-refractivity contribution in [3.05, 3.63) is 93.5 Å². The number of hydrazone groups is 1. The van der Waals surface area contributed by atoms with Crippen LogP contribution in [0.3, 0.4) is 0 Å². The highest BCUT2D eigenvalue weighted by Gasteiger charge is 2.13. The zero-order valence-electron chi connectivity index (χ0n) is 19.3. The minimum Gasteiger partial charge on any atom is -0.493 e. The molecule has 0 bridgehead atoms. The molecule has 4 rings (SSSR count). The number of nitro groups is 1. The van der Waals surface area contributed by atoms with Gasteiger partial charge in [0.2, 0.25) is 0 Å². The summed E-state index contributed by atoms with van der Waals surface area (Å²) in [5, 5.41) is 14.8. The zero-order valence-corrected chi connectivity index (χ0v) is 19.3. The van der Waals surface area contributed by atoms with Crippen molar-refractivity contribution in [1.82, 2.24) is 5.43 Å². The van der Waals surface area contributed by atoms with Crippen LogP contribution in [0.5, 0.6) is 11.5 Å². The topological polar surface area (TPSA) is 106 Å². The van der Waals surface area contributed by atoms with Gasteiger partial charge in [-0.2, -0.15) is 5.10 Å². The van der Waals surface area contributed by atoms with Crippen LogP contribution in [0.4, 0.5) is 11.4 Å². The largest absolute Gasteiger partial charge is 0.493 e. The molecule has 0 aromatic heterocycles. The van der Waals surface area contributed by atoms with E-state index in [0.717, 1.165) is 24.3 Å². The summed E-state index contributed by atoms with van der Waals surface area (Å²) in [6.45, 7) is 2.34. The highest BCUT2D eigenvalue weighted by Crippen LogP contribution is 2.28. The Kier molecular flexibility index (Phi) is 7.57. The lowest BCUT2D eigenvalue weighted by atomic mass is 10.2. The van der Waals surface area contributed by atoms with Gasteiger partial charge in [0.05, 0.1) is 18.2 Å². The van der Waals surface area contributed by atoms with Gasteiger partial charge < -0.3 is 14.4 Å². The molecule has 0 saturated carbocycles. The first kappa shape index (κ1) is 23.7. The first-order valence-electron chi connectivity index (χ1n) is 11.3. The predicted octanol–water partition coefficient (Wildman–Crippen LogP) is 4.55. The summed E-state index contributed by atoms with van der Waals surface area (Å²) in [5.41, 5.74) is 5.75. The van der Waals surface area contributed by atoms with Crippen molar-refractivity contribution in [2.24, 2.45) is 5.10 Å². The van der Waals surface area contributed by atoms with Crippen LogP contribution in [0.2, 0.25) is 0 Å². The lowest BCUT2D eigenvalue weighted by Gasteiger charge is -2.17. The molecule has 1 aliphatic rings. The second-order valence-electron chi connectivity index (χ2n) is 8.06. The third kappa shape index (κ3) is 6.14. The monoisotopic (exact) mass is 474 g/mol. The van der Waals surface area contributed by atoms with E-state index < -0.39 is 4.92 Å². The van der Waals surface area contributed by atoms with E-state index >= 15 is 0 Å². The molecule has 0 radical (unpaired) electrons. The van der Waals surface area contributed by atoms with Crippen LogP contribution in [-0.4, -0.2) is 37.2 Å². The summed E-state index contributed by atoms with van der Waals surface area (Å²) in [6.07, 6.45) is 3.93. The molecule has 1 saturated heterocycles. The second kappa shape index (κ2) is 11.1. The predicted molar refractivity (Wildman–Crippen MR) is 133 cm³/mol. The number of amides is 1. The summed E-state index contributed by atoms with van der Waals surface area (Å²) in [6, 6.07) is 19.0. The Labute approximate surface area is 203 Å². The van der Waals surface area contributed by atoms with Crippen LogP contribution in [0.15, 0.2) is 71.8 Å².